The third-order valence-corrected chi connectivity index (χ3v) is 6.89. The van der Waals surface area contributed by atoms with Gasteiger partial charge in [-0.2, -0.15) is 0 Å². The van der Waals surface area contributed by atoms with Gasteiger partial charge < -0.3 is 35.7 Å². The summed E-state index contributed by atoms with van der Waals surface area (Å²) in [5.74, 6) is -1.33. The van der Waals surface area contributed by atoms with Crippen molar-refractivity contribution in [1.82, 2.24) is 5.32 Å². The second-order valence-corrected chi connectivity index (χ2v) is 8.43. The zero-order chi connectivity index (χ0) is 20.7. The lowest BCUT2D eigenvalue weighted by molar-refractivity contribution is -0.128. The van der Waals surface area contributed by atoms with E-state index in [9.17, 15) is 24.9 Å². The first-order valence-electron chi connectivity index (χ1n) is 7.67. The lowest BCUT2D eigenvalue weighted by Crippen LogP contribution is -2.44. The highest BCUT2D eigenvalue weighted by molar-refractivity contribution is 14.1. The van der Waals surface area contributed by atoms with Gasteiger partial charge in [0, 0.05) is 25.8 Å². The predicted molar refractivity (Wildman–Crippen MR) is 122 cm³/mol. The van der Waals surface area contributed by atoms with Crippen molar-refractivity contribution < 1.29 is 35.1 Å². The van der Waals surface area contributed by atoms with E-state index >= 15 is 0 Å². The molecule has 1 rings (SSSR count). The van der Waals surface area contributed by atoms with Gasteiger partial charge in [0.25, 0.3) is 11.8 Å². The molecule has 0 radical (unpaired) electrons. The Balaban J connectivity index is 3.69. The predicted octanol–water partition coefficient (Wildman–Crippen LogP) is -0.607. The van der Waals surface area contributed by atoms with Crippen LogP contribution in [-0.2, 0) is 11.4 Å². The first kappa shape index (κ1) is 25.2. The molecule has 0 aliphatic carbocycles. The average Bonchev–Trinajstić information content (AvgIpc) is 2.64. The van der Waals surface area contributed by atoms with Crippen LogP contribution in [0.1, 0.15) is 15.9 Å². The Morgan fingerprint density at radius 2 is 1.63 bits per heavy atom. The van der Waals surface area contributed by atoms with Gasteiger partial charge in [-0.1, -0.05) is 0 Å². The number of hydrogen-bond acceptors (Lipinski definition) is 7. The van der Waals surface area contributed by atoms with Crippen LogP contribution in [0.25, 0.3) is 0 Å². The van der Waals surface area contributed by atoms with E-state index in [0.717, 1.165) is 4.90 Å². The summed E-state index contributed by atoms with van der Waals surface area (Å²) in [6, 6.07) is 0. The number of halogens is 3. The van der Waals surface area contributed by atoms with E-state index in [-0.39, 0.29) is 30.9 Å². The van der Waals surface area contributed by atoms with Gasteiger partial charge in [-0.3, -0.25) is 9.59 Å². The first-order valence-corrected chi connectivity index (χ1v) is 10.9. The van der Waals surface area contributed by atoms with Crippen LogP contribution in [0.15, 0.2) is 0 Å². The van der Waals surface area contributed by atoms with Crippen LogP contribution in [0.5, 0.6) is 0 Å². The molecule has 0 saturated heterocycles. The van der Waals surface area contributed by atoms with Crippen molar-refractivity contribution in [3.05, 3.63) is 21.8 Å². The molecule has 2 amide bonds. The zero-order valence-electron chi connectivity index (χ0n) is 14.0. The molecule has 9 nitrogen and oxygen atoms in total. The Kier molecular flexibility index (Phi) is 11.2. The highest BCUT2D eigenvalue weighted by Crippen LogP contribution is 2.38. The van der Waals surface area contributed by atoms with Crippen molar-refractivity contribution in [2.45, 2.75) is 12.7 Å². The molecule has 6 N–H and O–H groups in total. The van der Waals surface area contributed by atoms with Crippen LogP contribution in [0, 0.1) is 10.7 Å². The number of carbonyl (C=O) groups excluding carboxylic acids is 2. The second kappa shape index (κ2) is 12.0. The third-order valence-electron chi connectivity index (χ3n) is 3.48. The normalized spacial score (nSPS) is 12.0. The van der Waals surface area contributed by atoms with Crippen LogP contribution < -0.4 is 10.2 Å². The molecule has 1 aromatic rings. The van der Waals surface area contributed by atoms with E-state index in [1.807, 2.05) is 67.8 Å². The SMILES string of the molecule is O=C(NCCO)c1c(I)c(CO)c(I)c(N(CCO)C(=O)C(O)CO)c1I. The molecule has 0 aliphatic heterocycles. The van der Waals surface area contributed by atoms with E-state index in [1.54, 1.807) is 0 Å². The second-order valence-electron chi connectivity index (χ2n) is 5.19. The van der Waals surface area contributed by atoms with Gasteiger partial charge in [0.1, 0.15) is 0 Å². The maximum Gasteiger partial charge on any atom is 0.258 e. The Labute approximate surface area is 196 Å². The topological polar surface area (TPSA) is 151 Å². The summed E-state index contributed by atoms with van der Waals surface area (Å²) in [6.45, 7) is -2.00. The fraction of sp³-hybridized carbons (Fsp3) is 0.467. The minimum atomic E-state index is -1.69. The standard InChI is InChI=1S/C15H19I3N2O7/c16-10-7(5-23)11(17)13(12(18)9(10)14(26)19-1-3-21)20(2-4-22)15(27)8(25)6-24/h8,21-25H,1-6H2,(H,19,26). The number of nitrogens with zero attached hydrogens (tertiary/aromatic N) is 1. The van der Waals surface area contributed by atoms with Gasteiger partial charge >= 0.3 is 0 Å². The van der Waals surface area contributed by atoms with Gasteiger partial charge in [0.2, 0.25) is 0 Å². The number of aliphatic hydroxyl groups is 5. The third kappa shape index (κ3) is 5.83. The van der Waals surface area contributed by atoms with E-state index in [0.29, 0.717) is 16.3 Å². The smallest absolute Gasteiger partial charge is 0.258 e. The van der Waals surface area contributed by atoms with E-state index < -0.39 is 37.7 Å². The summed E-state index contributed by atoms with van der Waals surface area (Å²) >= 11 is 5.73. The van der Waals surface area contributed by atoms with Gasteiger partial charge in [-0.05, 0) is 67.8 Å². The number of rotatable bonds is 9. The molecule has 0 bridgehead atoms. The molecule has 152 valence electrons. The van der Waals surface area contributed by atoms with Crippen molar-refractivity contribution in [2.24, 2.45) is 0 Å². The minimum absolute atomic E-state index is 0.0310. The molecular formula is C15H19I3N2O7. The zero-order valence-corrected chi connectivity index (χ0v) is 20.4. The fourth-order valence-corrected chi connectivity index (χ4v) is 6.80. The van der Waals surface area contributed by atoms with Crippen LogP contribution in [0.2, 0.25) is 0 Å². The van der Waals surface area contributed by atoms with Gasteiger partial charge in [0.15, 0.2) is 6.10 Å². The molecule has 0 fully saturated rings. The summed E-state index contributed by atoms with van der Waals surface area (Å²) in [5, 5.41) is 49.5. The minimum Gasteiger partial charge on any atom is -0.395 e. The maximum absolute atomic E-state index is 12.6. The van der Waals surface area contributed by atoms with Crippen LogP contribution in [0.4, 0.5) is 5.69 Å². The number of benzene rings is 1. The van der Waals surface area contributed by atoms with Crippen molar-refractivity contribution in [2.75, 3.05) is 37.8 Å². The Morgan fingerprint density at radius 1 is 1.00 bits per heavy atom. The lowest BCUT2D eigenvalue weighted by atomic mass is 10.1. The van der Waals surface area contributed by atoms with Crippen molar-refractivity contribution in [1.29, 1.82) is 0 Å². The lowest BCUT2D eigenvalue weighted by Gasteiger charge is -2.28. The molecule has 0 saturated carbocycles. The maximum atomic E-state index is 12.6. The number of hydrogen-bond donors (Lipinski definition) is 6. The molecule has 0 heterocycles. The molecule has 0 spiro atoms. The van der Waals surface area contributed by atoms with Gasteiger partial charge in [0.05, 0.1) is 41.2 Å². The van der Waals surface area contributed by atoms with Crippen molar-refractivity contribution in [3.8, 4) is 0 Å². The Bertz CT molecular complexity index is 703. The summed E-state index contributed by atoms with van der Waals surface area (Å²) in [7, 11) is 0. The molecule has 1 unspecified atom stereocenters. The first-order chi connectivity index (χ1) is 12.8. The molecular weight excluding hydrogens is 701 g/mol. The number of amides is 2. The van der Waals surface area contributed by atoms with Crippen molar-refractivity contribution in [3.63, 3.8) is 0 Å². The average molecular weight is 720 g/mol. The van der Waals surface area contributed by atoms with Crippen LogP contribution in [0.3, 0.4) is 0 Å². The summed E-state index contributed by atoms with van der Waals surface area (Å²) in [4.78, 5) is 26.2. The molecule has 1 aromatic carbocycles. The highest BCUT2D eigenvalue weighted by Gasteiger charge is 2.31. The molecule has 0 aliphatic rings. The number of aliphatic hydroxyl groups excluding tert-OH is 5. The Morgan fingerprint density at radius 3 is 2.11 bits per heavy atom. The van der Waals surface area contributed by atoms with E-state index in [2.05, 4.69) is 5.32 Å². The number of anilines is 1. The highest BCUT2D eigenvalue weighted by atomic mass is 127. The largest absolute Gasteiger partial charge is 0.395 e. The molecule has 0 aromatic heterocycles. The quantitative estimate of drug-likeness (QED) is 0.187. The van der Waals surface area contributed by atoms with Crippen LogP contribution in [-0.4, -0.2) is 76.4 Å². The summed E-state index contributed by atoms with van der Waals surface area (Å²) in [6.07, 6.45) is -1.69. The van der Waals surface area contributed by atoms with Crippen molar-refractivity contribution >= 4 is 85.3 Å². The molecule has 1 atom stereocenters. The Hall–Kier alpha value is 0.150. The number of carbonyl (C=O) groups is 2. The van der Waals surface area contributed by atoms with Gasteiger partial charge in [-0.25, -0.2) is 0 Å². The summed E-state index contributed by atoms with van der Waals surface area (Å²) in [5.41, 5.74) is 0.870. The fourth-order valence-electron chi connectivity index (χ4n) is 2.22. The number of nitrogens with one attached hydrogen (secondary N) is 1. The van der Waals surface area contributed by atoms with E-state index in [4.69, 9.17) is 10.2 Å². The van der Waals surface area contributed by atoms with Gasteiger partial charge in [-0.15, -0.1) is 0 Å². The van der Waals surface area contributed by atoms with Crippen LogP contribution >= 0.6 is 67.8 Å². The monoisotopic (exact) mass is 720 g/mol. The summed E-state index contributed by atoms with van der Waals surface area (Å²) < 4.78 is 1.35. The van der Waals surface area contributed by atoms with E-state index in [1.165, 1.54) is 0 Å². The molecule has 12 heteroatoms. The molecule has 27 heavy (non-hydrogen) atoms.